The number of benzene rings is 3. The van der Waals surface area contributed by atoms with Crippen molar-refractivity contribution in [2.45, 2.75) is 18.6 Å². The molecule has 0 aliphatic heterocycles. The van der Waals surface area contributed by atoms with E-state index in [0.29, 0.717) is 28.2 Å². The maximum absolute atomic E-state index is 12.7. The van der Waals surface area contributed by atoms with Crippen molar-refractivity contribution in [3.05, 3.63) is 94.8 Å². The van der Waals surface area contributed by atoms with Crippen LogP contribution in [0.1, 0.15) is 17.3 Å². The van der Waals surface area contributed by atoms with E-state index in [9.17, 15) is 9.59 Å². The van der Waals surface area contributed by atoms with Crippen molar-refractivity contribution < 1.29 is 4.79 Å². The van der Waals surface area contributed by atoms with Gasteiger partial charge in [-0.1, -0.05) is 78.5 Å². The van der Waals surface area contributed by atoms with Crippen LogP contribution in [-0.2, 0) is 6.54 Å². The smallest absolute Gasteiger partial charge is 0.262 e. The normalized spacial score (nSPS) is 10.9. The molecule has 0 bridgehead atoms. The van der Waals surface area contributed by atoms with Gasteiger partial charge in [0.05, 0.1) is 16.7 Å². The molecule has 29 heavy (non-hydrogen) atoms. The Labute approximate surface area is 173 Å². The van der Waals surface area contributed by atoms with Gasteiger partial charge < -0.3 is 0 Å². The van der Waals surface area contributed by atoms with Gasteiger partial charge in [-0.15, -0.1) is 0 Å². The average Bonchev–Trinajstić information content (AvgIpc) is 2.78. The summed E-state index contributed by atoms with van der Waals surface area (Å²) in [6, 6.07) is 25.0. The Morgan fingerprint density at radius 3 is 2.28 bits per heavy atom. The van der Waals surface area contributed by atoms with Crippen molar-refractivity contribution in [2.75, 3.05) is 5.75 Å². The first-order chi connectivity index (χ1) is 14.2. The Kier molecular flexibility index (Phi) is 5.58. The second-order valence-electron chi connectivity index (χ2n) is 6.62. The molecule has 0 fully saturated rings. The van der Waals surface area contributed by atoms with Gasteiger partial charge in [0.25, 0.3) is 5.56 Å². The highest BCUT2D eigenvalue weighted by Gasteiger charge is 2.13. The number of hydrogen-bond acceptors (Lipinski definition) is 4. The van der Waals surface area contributed by atoms with Crippen LogP contribution in [-0.4, -0.2) is 21.1 Å². The molecule has 0 radical (unpaired) electrons. The molecule has 0 N–H and O–H groups in total. The molecular weight excluding hydrogens is 380 g/mol. The van der Waals surface area contributed by atoms with Crippen molar-refractivity contribution in [1.29, 1.82) is 0 Å². The van der Waals surface area contributed by atoms with Crippen molar-refractivity contribution >= 4 is 28.4 Å². The first kappa shape index (κ1) is 19.2. The lowest BCUT2D eigenvalue weighted by Crippen LogP contribution is -2.22. The number of thioether (sulfide) groups is 1. The minimum absolute atomic E-state index is 0.0136. The minimum atomic E-state index is -0.0692. The SMILES string of the molecule is CCn1c(SCC(=O)c2ccc(-c3ccccc3)cc2)nc2ccccc2c1=O. The van der Waals surface area contributed by atoms with Gasteiger partial charge >= 0.3 is 0 Å². The maximum Gasteiger partial charge on any atom is 0.262 e. The summed E-state index contributed by atoms with van der Waals surface area (Å²) < 4.78 is 1.62. The number of carbonyl (C=O) groups excluding carboxylic acids is 1. The molecule has 0 saturated carbocycles. The Morgan fingerprint density at radius 1 is 0.897 bits per heavy atom. The van der Waals surface area contributed by atoms with E-state index < -0.39 is 0 Å². The third-order valence-electron chi connectivity index (χ3n) is 4.79. The van der Waals surface area contributed by atoms with E-state index in [1.165, 1.54) is 11.8 Å². The van der Waals surface area contributed by atoms with Gasteiger partial charge in [0.1, 0.15) is 0 Å². The number of Topliss-reactive ketones (excluding diaryl/α,β-unsaturated/α-hetero) is 1. The molecule has 0 aliphatic rings. The zero-order chi connectivity index (χ0) is 20.2. The monoisotopic (exact) mass is 400 g/mol. The van der Waals surface area contributed by atoms with Gasteiger partial charge in [-0.3, -0.25) is 14.2 Å². The Bertz CT molecular complexity index is 1220. The second kappa shape index (κ2) is 8.45. The van der Waals surface area contributed by atoms with Crippen LogP contribution >= 0.6 is 11.8 Å². The number of rotatable bonds is 6. The van der Waals surface area contributed by atoms with Gasteiger partial charge in [-0.25, -0.2) is 4.98 Å². The predicted octanol–water partition coefficient (Wildman–Crippen LogP) is 5.06. The molecule has 1 aromatic heterocycles. The standard InChI is InChI=1S/C24H20N2O2S/c1-2-26-23(28)20-10-6-7-11-21(20)25-24(26)29-16-22(27)19-14-12-18(13-15-19)17-8-4-3-5-9-17/h3-15H,2,16H2,1H3. The zero-order valence-corrected chi connectivity index (χ0v) is 16.9. The summed E-state index contributed by atoms with van der Waals surface area (Å²) >= 11 is 1.31. The number of aromatic nitrogens is 2. The molecule has 0 atom stereocenters. The number of hydrogen-bond donors (Lipinski definition) is 0. The highest BCUT2D eigenvalue weighted by atomic mass is 32.2. The Balaban J connectivity index is 1.53. The molecule has 1 heterocycles. The summed E-state index contributed by atoms with van der Waals surface area (Å²) in [5.74, 6) is 0.245. The molecule has 3 aromatic carbocycles. The summed E-state index contributed by atoms with van der Waals surface area (Å²) in [6.45, 7) is 2.42. The maximum atomic E-state index is 12.7. The molecule has 5 heteroatoms. The molecule has 0 amide bonds. The van der Waals surface area contributed by atoms with Gasteiger partial charge in [0.15, 0.2) is 10.9 Å². The lowest BCUT2D eigenvalue weighted by Gasteiger charge is -2.11. The topological polar surface area (TPSA) is 52.0 Å². The summed E-state index contributed by atoms with van der Waals surface area (Å²) in [5.41, 5.74) is 3.44. The van der Waals surface area contributed by atoms with Crippen LogP contribution in [0.15, 0.2) is 88.8 Å². The molecular formula is C24H20N2O2S. The van der Waals surface area contributed by atoms with E-state index in [1.54, 1.807) is 10.6 Å². The molecule has 0 saturated heterocycles. The van der Waals surface area contributed by atoms with E-state index in [0.717, 1.165) is 11.1 Å². The number of para-hydroxylation sites is 1. The van der Waals surface area contributed by atoms with E-state index in [1.807, 2.05) is 79.7 Å². The third-order valence-corrected chi connectivity index (χ3v) is 5.77. The van der Waals surface area contributed by atoms with Gasteiger partial charge in [0, 0.05) is 12.1 Å². The molecule has 0 aliphatic carbocycles. The van der Waals surface area contributed by atoms with Crippen LogP contribution in [0.2, 0.25) is 0 Å². The summed E-state index contributed by atoms with van der Waals surface area (Å²) in [7, 11) is 0. The molecule has 0 unspecified atom stereocenters. The Hall–Kier alpha value is -3.18. The molecule has 0 spiro atoms. The van der Waals surface area contributed by atoms with Crippen LogP contribution in [0, 0.1) is 0 Å². The van der Waals surface area contributed by atoms with Crippen molar-refractivity contribution in [1.82, 2.24) is 9.55 Å². The van der Waals surface area contributed by atoms with E-state index in [-0.39, 0.29) is 17.1 Å². The van der Waals surface area contributed by atoms with Crippen LogP contribution < -0.4 is 5.56 Å². The molecule has 4 nitrogen and oxygen atoms in total. The lowest BCUT2D eigenvalue weighted by molar-refractivity contribution is 0.102. The quantitative estimate of drug-likeness (QED) is 0.258. The van der Waals surface area contributed by atoms with E-state index in [2.05, 4.69) is 4.98 Å². The fourth-order valence-corrected chi connectivity index (χ4v) is 4.19. The highest BCUT2D eigenvalue weighted by Crippen LogP contribution is 2.22. The predicted molar refractivity (Wildman–Crippen MR) is 119 cm³/mol. The largest absolute Gasteiger partial charge is 0.293 e. The van der Waals surface area contributed by atoms with Crippen LogP contribution in [0.4, 0.5) is 0 Å². The van der Waals surface area contributed by atoms with E-state index >= 15 is 0 Å². The third kappa shape index (κ3) is 4.00. The summed E-state index contributed by atoms with van der Waals surface area (Å²) in [6.07, 6.45) is 0. The van der Waals surface area contributed by atoms with Crippen molar-refractivity contribution in [2.24, 2.45) is 0 Å². The zero-order valence-electron chi connectivity index (χ0n) is 16.0. The lowest BCUT2D eigenvalue weighted by atomic mass is 10.0. The first-order valence-corrected chi connectivity index (χ1v) is 10.5. The average molecular weight is 401 g/mol. The van der Waals surface area contributed by atoms with Crippen molar-refractivity contribution in [3.63, 3.8) is 0 Å². The summed E-state index contributed by atoms with van der Waals surface area (Å²) in [5, 5.41) is 1.17. The Morgan fingerprint density at radius 2 is 1.55 bits per heavy atom. The van der Waals surface area contributed by atoms with Gasteiger partial charge in [0.2, 0.25) is 0 Å². The van der Waals surface area contributed by atoms with Crippen LogP contribution in [0.3, 0.4) is 0 Å². The molecule has 144 valence electrons. The number of ketones is 1. The fourth-order valence-electron chi connectivity index (χ4n) is 3.23. The molecule has 4 rings (SSSR count). The van der Waals surface area contributed by atoms with Gasteiger partial charge in [-0.05, 0) is 30.2 Å². The van der Waals surface area contributed by atoms with E-state index in [4.69, 9.17) is 0 Å². The van der Waals surface area contributed by atoms with Crippen LogP contribution in [0.25, 0.3) is 22.0 Å². The number of carbonyl (C=O) groups is 1. The first-order valence-electron chi connectivity index (χ1n) is 9.48. The summed E-state index contributed by atoms with van der Waals surface area (Å²) in [4.78, 5) is 30.0. The molecule has 4 aromatic rings. The number of nitrogens with zero attached hydrogens (tertiary/aromatic N) is 2. The highest BCUT2D eigenvalue weighted by molar-refractivity contribution is 7.99. The van der Waals surface area contributed by atoms with Crippen molar-refractivity contribution in [3.8, 4) is 11.1 Å². The van der Waals surface area contributed by atoms with Crippen LogP contribution in [0.5, 0.6) is 0 Å². The van der Waals surface area contributed by atoms with Gasteiger partial charge in [-0.2, -0.15) is 0 Å². The number of fused-ring (bicyclic) bond motifs is 1. The fraction of sp³-hybridized carbons (Fsp3) is 0.125. The minimum Gasteiger partial charge on any atom is -0.293 e. The second-order valence-corrected chi connectivity index (χ2v) is 7.56.